The van der Waals surface area contributed by atoms with E-state index in [2.05, 4.69) is 10.6 Å². The largest absolute Gasteiger partial charge is 0.482 e. The van der Waals surface area contributed by atoms with E-state index in [9.17, 15) is 14.7 Å². The van der Waals surface area contributed by atoms with Crippen LogP contribution in [0.1, 0.15) is 48.5 Å². The third-order valence-electron chi connectivity index (χ3n) is 8.61. The summed E-state index contributed by atoms with van der Waals surface area (Å²) in [5.74, 6) is -0.771. The van der Waals surface area contributed by atoms with E-state index in [0.717, 1.165) is 70.2 Å². The Kier molecular flexibility index (Phi) is 7.88. The van der Waals surface area contributed by atoms with Crippen LogP contribution in [0.3, 0.4) is 0 Å². The summed E-state index contributed by atoms with van der Waals surface area (Å²) in [6.07, 6.45) is 5.65. The van der Waals surface area contributed by atoms with E-state index in [1.165, 1.54) is 6.42 Å². The number of imidazole rings is 1. The molecule has 0 amide bonds. The zero-order chi connectivity index (χ0) is 31.8. The van der Waals surface area contributed by atoms with Gasteiger partial charge in [-0.1, -0.05) is 55.1 Å². The highest BCUT2D eigenvalue weighted by Crippen LogP contribution is 2.38. The maximum Gasteiger partial charge on any atom is 0.341 e. The Balaban J connectivity index is 1.32. The van der Waals surface area contributed by atoms with Crippen LogP contribution in [0.4, 0.5) is 0 Å². The van der Waals surface area contributed by atoms with Crippen molar-refractivity contribution in [2.45, 2.75) is 38.1 Å². The second-order valence-electron chi connectivity index (χ2n) is 11.6. The minimum Gasteiger partial charge on any atom is -0.482 e. The van der Waals surface area contributed by atoms with Crippen LogP contribution < -0.4 is 4.74 Å². The molecule has 0 saturated heterocycles. The number of benzene rings is 4. The number of carboxylic acid groups (broad SMARTS) is 2. The number of aliphatic carboxylic acids is 1. The van der Waals surface area contributed by atoms with Gasteiger partial charge in [-0.2, -0.15) is 0 Å². The molecule has 0 radical (unpaired) electrons. The SMILES string of the molecule is O=C(O)COc1ccc(-c2ccc(Cl)cc2)c(-c2ccc3cc(-c4nc5cc(C(=O)O)ccc5n4C4CCCCC4)ccc3n2)c1. The number of aromatic nitrogens is 3. The highest BCUT2D eigenvalue weighted by atomic mass is 35.5. The molecule has 1 fully saturated rings. The molecule has 1 saturated carbocycles. The van der Waals surface area contributed by atoms with Crippen LogP contribution in [0.5, 0.6) is 5.75 Å². The second kappa shape index (κ2) is 12.3. The first kappa shape index (κ1) is 29.5. The average molecular weight is 632 g/mol. The minimum atomic E-state index is -1.05. The number of hydrogen-bond acceptors (Lipinski definition) is 5. The number of nitrogens with zero attached hydrogens (tertiary/aromatic N) is 3. The Hall–Kier alpha value is -5.21. The molecule has 0 unspecified atom stereocenters. The lowest BCUT2D eigenvalue weighted by Crippen LogP contribution is -2.14. The van der Waals surface area contributed by atoms with Crippen molar-refractivity contribution in [1.29, 1.82) is 0 Å². The Labute approximate surface area is 269 Å². The third kappa shape index (κ3) is 5.79. The Bertz CT molecular complexity index is 2120. The second-order valence-corrected chi connectivity index (χ2v) is 12.0. The van der Waals surface area contributed by atoms with Crippen molar-refractivity contribution in [3.8, 4) is 39.5 Å². The van der Waals surface area contributed by atoms with Gasteiger partial charge in [0.15, 0.2) is 6.61 Å². The first-order valence-corrected chi connectivity index (χ1v) is 15.6. The fourth-order valence-electron chi connectivity index (χ4n) is 6.41. The topological polar surface area (TPSA) is 115 Å². The lowest BCUT2D eigenvalue weighted by molar-refractivity contribution is -0.139. The summed E-state index contributed by atoms with van der Waals surface area (Å²) in [6.45, 7) is -0.448. The van der Waals surface area contributed by atoms with E-state index >= 15 is 0 Å². The zero-order valence-corrected chi connectivity index (χ0v) is 25.6. The van der Waals surface area contributed by atoms with E-state index in [1.54, 1.807) is 18.2 Å². The van der Waals surface area contributed by atoms with E-state index in [-0.39, 0.29) is 5.56 Å². The summed E-state index contributed by atoms with van der Waals surface area (Å²) < 4.78 is 7.80. The van der Waals surface area contributed by atoms with Gasteiger partial charge in [-0.15, -0.1) is 0 Å². The summed E-state index contributed by atoms with van der Waals surface area (Å²) in [4.78, 5) is 32.8. The lowest BCUT2D eigenvalue weighted by atomic mass is 9.94. The molecule has 0 aliphatic heterocycles. The molecule has 6 aromatic rings. The highest BCUT2D eigenvalue weighted by molar-refractivity contribution is 6.30. The van der Waals surface area contributed by atoms with E-state index in [4.69, 9.17) is 31.4 Å². The Morgan fingerprint density at radius 2 is 1.57 bits per heavy atom. The molecule has 8 nitrogen and oxygen atoms in total. The zero-order valence-electron chi connectivity index (χ0n) is 24.8. The van der Waals surface area contributed by atoms with Gasteiger partial charge in [-0.05, 0) is 90.7 Å². The number of fused-ring (bicyclic) bond motifs is 2. The molecule has 1 aliphatic carbocycles. The normalized spacial score (nSPS) is 13.7. The van der Waals surface area contributed by atoms with Gasteiger partial charge in [0.05, 0.1) is 27.8 Å². The quantitative estimate of drug-likeness (QED) is 0.172. The molecule has 2 heterocycles. The molecule has 46 heavy (non-hydrogen) atoms. The molecule has 0 bridgehead atoms. The number of hydrogen-bond donors (Lipinski definition) is 2. The molecule has 2 aromatic heterocycles. The fourth-order valence-corrected chi connectivity index (χ4v) is 6.54. The van der Waals surface area contributed by atoms with Gasteiger partial charge in [-0.3, -0.25) is 0 Å². The third-order valence-corrected chi connectivity index (χ3v) is 8.86. The number of rotatable bonds is 8. The molecule has 2 N–H and O–H groups in total. The standard InChI is InChI=1S/C37H30ClN3O5/c38-26-11-6-22(7-12-26)29-14-13-28(46-21-35(42)43)20-30(29)32-16-8-23-18-24(9-15-31(23)39-32)36-40-33-19-25(37(44)45)10-17-34(33)41(36)27-4-2-1-3-5-27/h6-20,27H,1-5,21H2,(H,42,43)(H,44,45). The number of carbonyl (C=O) groups is 2. The van der Waals surface area contributed by atoms with Crippen molar-refractivity contribution >= 4 is 45.5 Å². The molecule has 7 rings (SSSR count). The summed E-state index contributed by atoms with van der Waals surface area (Å²) >= 11 is 6.15. The van der Waals surface area contributed by atoms with E-state index in [0.29, 0.717) is 28.0 Å². The smallest absolute Gasteiger partial charge is 0.341 e. The van der Waals surface area contributed by atoms with Gasteiger partial charge >= 0.3 is 11.9 Å². The van der Waals surface area contributed by atoms with E-state index < -0.39 is 18.5 Å². The Morgan fingerprint density at radius 1 is 0.783 bits per heavy atom. The maximum absolute atomic E-state index is 11.7. The van der Waals surface area contributed by atoms with Crippen LogP contribution in [-0.2, 0) is 4.79 Å². The van der Waals surface area contributed by atoms with E-state index in [1.807, 2.05) is 66.7 Å². The number of halogens is 1. The summed E-state index contributed by atoms with van der Waals surface area (Å²) in [5, 5.41) is 20.3. The first-order chi connectivity index (χ1) is 22.3. The highest BCUT2D eigenvalue weighted by Gasteiger charge is 2.23. The predicted molar refractivity (Wildman–Crippen MR) is 179 cm³/mol. The maximum atomic E-state index is 11.7. The van der Waals surface area contributed by atoms with Crippen molar-refractivity contribution < 1.29 is 24.5 Å². The van der Waals surface area contributed by atoms with Crippen LogP contribution in [-0.4, -0.2) is 43.3 Å². The van der Waals surface area contributed by atoms with Crippen LogP contribution in [0, 0.1) is 0 Å². The number of ether oxygens (including phenoxy) is 1. The molecule has 1 aliphatic rings. The van der Waals surface area contributed by atoms with Crippen molar-refractivity contribution in [2.24, 2.45) is 0 Å². The number of aromatic carboxylic acids is 1. The molecule has 0 atom stereocenters. The molecule has 4 aromatic carbocycles. The number of carboxylic acids is 2. The lowest BCUT2D eigenvalue weighted by Gasteiger charge is -2.25. The van der Waals surface area contributed by atoms with Gasteiger partial charge in [0.2, 0.25) is 0 Å². The molecular formula is C37H30ClN3O5. The first-order valence-electron chi connectivity index (χ1n) is 15.3. The van der Waals surface area contributed by atoms with Crippen LogP contribution in [0.2, 0.25) is 5.02 Å². The van der Waals surface area contributed by atoms with Crippen LogP contribution in [0.25, 0.3) is 55.7 Å². The fraction of sp³-hybridized carbons (Fsp3) is 0.189. The summed E-state index contributed by atoms with van der Waals surface area (Å²) in [6, 6.07) is 28.5. The van der Waals surface area contributed by atoms with Gasteiger partial charge in [0.25, 0.3) is 0 Å². The van der Waals surface area contributed by atoms with Crippen molar-refractivity contribution in [3.05, 3.63) is 102 Å². The minimum absolute atomic E-state index is 0.220. The molecular weight excluding hydrogens is 602 g/mol. The number of pyridine rings is 1. The summed E-state index contributed by atoms with van der Waals surface area (Å²) in [7, 11) is 0. The van der Waals surface area contributed by atoms with Crippen LogP contribution in [0.15, 0.2) is 91.0 Å². The van der Waals surface area contributed by atoms with Gasteiger partial charge in [0.1, 0.15) is 11.6 Å². The molecule has 0 spiro atoms. The monoisotopic (exact) mass is 631 g/mol. The Morgan fingerprint density at radius 3 is 2.33 bits per heavy atom. The van der Waals surface area contributed by atoms with Crippen molar-refractivity contribution in [3.63, 3.8) is 0 Å². The average Bonchev–Trinajstić information content (AvgIpc) is 3.46. The van der Waals surface area contributed by atoms with Crippen molar-refractivity contribution in [1.82, 2.24) is 14.5 Å². The van der Waals surface area contributed by atoms with Crippen molar-refractivity contribution in [2.75, 3.05) is 6.61 Å². The van der Waals surface area contributed by atoms with Gasteiger partial charge in [0, 0.05) is 27.6 Å². The predicted octanol–water partition coefficient (Wildman–Crippen LogP) is 8.91. The van der Waals surface area contributed by atoms with Crippen LogP contribution >= 0.6 is 11.6 Å². The summed E-state index contributed by atoms with van der Waals surface area (Å²) in [5.41, 5.74) is 6.91. The molecule has 9 heteroatoms. The van der Waals surface area contributed by atoms with Gasteiger partial charge in [-0.25, -0.2) is 19.6 Å². The molecule has 230 valence electrons. The van der Waals surface area contributed by atoms with Gasteiger partial charge < -0.3 is 19.5 Å².